The number of methoxy groups -OCH3 is 1. The van der Waals surface area contributed by atoms with Crippen LogP contribution in [-0.4, -0.2) is 13.2 Å². The molecular weight excluding hydrogens is 200 g/mol. The molecule has 1 aromatic carbocycles. The van der Waals surface area contributed by atoms with Crippen molar-refractivity contribution in [3.05, 3.63) is 42.0 Å². The lowest BCUT2D eigenvalue weighted by Crippen LogP contribution is -2.20. The molecule has 2 atom stereocenters. The van der Waals surface area contributed by atoms with Gasteiger partial charge in [-0.25, -0.2) is 0 Å². The van der Waals surface area contributed by atoms with Gasteiger partial charge in [0.25, 0.3) is 0 Å². The Bertz CT molecular complexity index is 367. The fourth-order valence-corrected chi connectivity index (χ4v) is 2.14. The second kappa shape index (κ2) is 4.71. The monoisotopic (exact) mass is 218 g/mol. The Labute approximate surface area is 96.9 Å². The van der Waals surface area contributed by atoms with E-state index in [1.54, 1.807) is 7.11 Å². The van der Waals surface area contributed by atoms with Crippen LogP contribution >= 0.6 is 0 Å². The van der Waals surface area contributed by atoms with Gasteiger partial charge in [-0.1, -0.05) is 24.3 Å². The van der Waals surface area contributed by atoms with E-state index in [9.17, 15) is 0 Å². The average Bonchev–Trinajstić information content (AvgIpc) is 2.28. The SMILES string of the molecule is C=C1C[C@@H](C)O[C@@H](c2ccc(OC)cc2)C1. The van der Waals surface area contributed by atoms with Gasteiger partial charge in [-0.3, -0.25) is 0 Å². The largest absolute Gasteiger partial charge is 0.497 e. The lowest BCUT2D eigenvalue weighted by molar-refractivity contribution is -0.0224. The van der Waals surface area contributed by atoms with Gasteiger partial charge in [0.1, 0.15) is 5.75 Å². The summed E-state index contributed by atoms with van der Waals surface area (Å²) in [6.45, 7) is 6.17. The van der Waals surface area contributed by atoms with Crippen molar-refractivity contribution in [1.29, 1.82) is 0 Å². The quantitative estimate of drug-likeness (QED) is 0.707. The Kier molecular flexibility index (Phi) is 3.30. The minimum absolute atomic E-state index is 0.155. The molecule has 2 rings (SSSR count). The van der Waals surface area contributed by atoms with E-state index in [4.69, 9.17) is 9.47 Å². The van der Waals surface area contributed by atoms with Gasteiger partial charge >= 0.3 is 0 Å². The number of benzene rings is 1. The smallest absolute Gasteiger partial charge is 0.118 e. The summed E-state index contributed by atoms with van der Waals surface area (Å²) in [5, 5.41) is 0. The van der Waals surface area contributed by atoms with Gasteiger partial charge in [-0.05, 0) is 37.5 Å². The van der Waals surface area contributed by atoms with E-state index in [1.165, 1.54) is 11.1 Å². The molecule has 0 amide bonds. The van der Waals surface area contributed by atoms with Crippen molar-refractivity contribution in [1.82, 2.24) is 0 Å². The number of hydrogen-bond acceptors (Lipinski definition) is 2. The summed E-state index contributed by atoms with van der Waals surface area (Å²) < 4.78 is 11.1. The maximum atomic E-state index is 5.91. The first-order valence-corrected chi connectivity index (χ1v) is 5.65. The molecule has 0 bridgehead atoms. The predicted molar refractivity (Wildman–Crippen MR) is 64.7 cm³/mol. The first-order valence-electron chi connectivity index (χ1n) is 5.65. The Balaban J connectivity index is 2.13. The van der Waals surface area contributed by atoms with Gasteiger partial charge in [-0.15, -0.1) is 0 Å². The van der Waals surface area contributed by atoms with Gasteiger partial charge in [-0.2, -0.15) is 0 Å². The second-order valence-electron chi connectivity index (χ2n) is 4.37. The molecule has 0 unspecified atom stereocenters. The first-order chi connectivity index (χ1) is 7.69. The van der Waals surface area contributed by atoms with Crippen LogP contribution in [0.25, 0.3) is 0 Å². The highest BCUT2D eigenvalue weighted by molar-refractivity contribution is 5.29. The minimum Gasteiger partial charge on any atom is -0.497 e. The van der Waals surface area contributed by atoms with Gasteiger partial charge < -0.3 is 9.47 Å². The Morgan fingerprint density at radius 3 is 2.50 bits per heavy atom. The van der Waals surface area contributed by atoms with E-state index in [1.807, 2.05) is 12.1 Å². The highest BCUT2D eigenvalue weighted by Gasteiger charge is 2.22. The van der Waals surface area contributed by atoms with Crippen LogP contribution in [0.4, 0.5) is 0 Å². The zero-order valence-electron chi connectivity index (χ0n) is 9.90. The number of hydrogen-bond donors (Lipinski definition) is 0. The molecule has 0 spiro atoms. The molecule has 2 heteroatoms. The van der Waals surface area contributed by atoms with Gasteiger partial charge in [0.15, 0.2) is 0 Å². The summed E-state index contributed by atoms with van der Waals surface area (Å²) in [4.78, 5) is 0. The van der Waals surface area contributed by atoms with Gasteiger partial charge in [0.2, 0.25) is 0 Å². The maximum absolute atomic E-state index is 5.91. The highest BCUT2D eigenvalue weighted by Crippen LogP contribution is 2.34. The van der Waals surface area contributed by atoms with Crippen LogP contribution in [0.2, 0.25) is 0 Å². The van der Waals surface area contributed by atoms with Crippen molar-refractivity contribution < 1.29 is 9.47 Å². The third kappa shape index (κ3) is 2.45. The van der Waals surface area contributed by atoms with E-state index >= 15 is 0 Å². The average molecular weight is 218 g/mol. The molecular formula is C14H18O2. The first kappa shape index (κ1) is 11.2. The van der Waals surface area contributed by atoms with Crippen molar-refractivity contribution >= 4 is 0 Å². The van der Waals surface area contributed by atoms with Gasteiger partial charge in [0.05, 0.1) is 19.3 Å². The lowest BCUT2D eigenvalue weighted by Gasteiger charge is -2.29. The highest BCUT2D eigenvalue weighted by atomic mass is 16.5. The standard InChI is InChI=1S/C14H18O2/c1-10-8-11(2)16-14(9-10)12-4-6-13(15-3)7-5-12/h4-7,11,14H,1,8-9H2,2-3H3/t11-,14-/m1/s1. The van der Waals surface area contributed by atoms with E-state index < -0.39 is 0 Å². The molecule has 1 aliphatic heterocycles. The van der Waals surface area contributed by atoms with E-state index in [0.717, 1.165) is 18.6 Å². The molecule has 1 saturated heterocycles. The summed E-state index contributed by atoms with van der Waals surface area (Å²) in [5.74, 6) is 0.881. The molecule has 1 fully saturated rings. The molecule has 0 saturated carbocycles. The topological polar surface area (TPSA) is 18.5 Å². The van der Waals surface area contributed by atoms with Crippen molar-refractivity contribution in [3.63, 3.8) is 0 Å². The zero-order valence-corrected chi connectivity index (χ0v) is 9.90. The van der Waals surface area contributed by atoms with Crippen molar-refractivity contribution in [2.24, 2.45) is 0 Å². The Hall–Kier alpha value is -1.28. The fraction of sp³-hybridized carbons (Fsp3) is 0.429. The van der Waals surface area contributed by atoms with Crippen LogP contribution < -0.4 is 4.74 Å². The van der Waals surface area contributed by atoms with Crippen molar-refractivity contribution in [2.45, 2.75) is 32.0 Å². The molecule has 0 N–H and O–H groups in total. The minimum atomic E-state index is 0.155. The molecule has 0 aromatic heterocycles. The van der Waals surface area contributed by atoms with Crippen molar-refractivity contribution in [2.75, 3.05) is 7.11 Å². The van der Waals surface area contributed by atoms with E-state index in [-0.39, 0.29) is 12.2 Å². The molecule has 1 aliphatic rings. The molecule has 0 radical (unpaired) electrons. The summed E-state index contributed by atoms with van der Waals surface area (Å²) >= 11 is 0. The van der Waals surface area contributed by atoms with Crippen LogP contribution in [-0.2, 0) is 4.74 Å². The number of ether oxygens (including phenoxy) is 2. The van der Waals surface area contributed by atoms with Crippen LogP contribution in [0, 0.1) is 0 Å². The van der Waals surface area contributed by atoms with E-state index in [2.05, 4.69) is 25.6 Å². The zero-order chi connectivity index (χ0) is 11.5. The normalized spacial score (nSPS) is 25.5. The Morgan fingerprint density at radius 1 is 1.25 bits per heavy atom. The molecule has 16 heavy (non-hydrogen) atoms. The summed E-state index contributed by atoms with van der Waals surface area (Å²) in [6.07, 6.45) is 2.33. The number of rotatable bonds is 2. The fourth-order valence-electron chi connectivity index (χ4n) is 2.14. The predicted octanol–water partition coefficient (Wildman–Crippen LogP) is 3.49. The van der Waals surface area contributed by atoms with E-state index in [0.29, 0.717) is 0 Å². The second-order valence-corrected chi connectivity index (χ2v) is 4.37. The molecule has 1 aromatic rings. The Morgan fingerprint density at radius 2 is 1.94 bits per heavy atom. The molecule has 86 valence electrons. The van der Waals surface area contributed by atoms with Crippen LogP contribution in [0.5, 0.6) is 5.75 Å². The third-order valence-electron chi connectivity index (χ3n) is 2.93. The summed E-state index contributed by atoms with van der Waals surface area (Å²) in [6, 6.07) is 8.07. The van der Waals surface area contributed by atoms with Crippen LogP contribution in [0.1, 0.15) is 31.4 Å². The summed E-state index contributed by atoms with van der Waals surface area (Å²) in [5.41, 5.74) is 2.48. The maximum Gasteiger partial charge on any atom is 0.118 e. The lowest BCUT2D eigenvalue weighted by atomic mass is 9.95. The molecule has 1 heterocycles. The summed E-state index contributed by atoms with van der Waals surface area (Å²) in [7, 11) is 1.68. The van der Waals surface area contributed by atoms with Crippen LogP contribution in [0.3, 0.4) is 0 Å². The molecule has 0 aliphatic carbocycles. The van der Waals surface area contributed by atoms with Crippen molar-refractivity contribution in [3.8, 4) is 5.75 Å². The van der Waals surface area contributed by atoms with Crippen LogP contribution in [0.15, 0.2) is 36.4 Å². The third-order valence-corrected chi connectivity index (χ3v) is 2.93. The van der Waals surface area contributed by atoms with Gasteiger partial charge in [0, 0.05) is 0 Å². The molecule has 2 nitrogen and oxygen atoms in total.